The topological polar surface area (TPSA) is 132 Å². The largest absolute Gasteiger partial charge is 0.390 e. The predicted molar refractivity (Wildman–Crippen MR) is 176 cm³/mol. The zero-order chi connectivity index (χ0) is 34.1. The second-order valence-corrected chi connectivity index (χ2v) is 14.5. The molecule has 0 saturated carbocycles. The maximum Gasteiger partial charge on any atom is 0.247 e. The first-order chi connectivity index (χ1) is 21.4. The molecule has 46 heavy (non-hydrogen) atoms. The predicted octanol–water partition coefficient (Wildman–Crippen LogP) is 2.66. The van der Waals surface area contributed by atoms with Gasteiger partial charge in [-0.1, -0.05) is 36.4 Å². The summed E-state index contributed by atoms with van der Waals surface area (Å²) in [6.45, 7) is 9.96. The molecule has 2 aromatic rings. The summed E-state index contributed by atoms with van der Waals surface area (Å²) >= 11 is 0. The molecule has 10 nitrogen and oxygen atoms in total. The molecule has 2 amide bonds. The molecule has 2 aromatic carbocycles. The fraction of sp³-hybridized carbons (Fsp3) is 0.611. The minimum atomic E-state index is -1.44. The zero-order valence-electron chi connectivity index (χ0n) is 28.7. The Labute approximate surface area is 273 Å². The van der Waals surface area contributed by atoms with Crippen LogP contribution in [0, 0.1) is 6.92 Å². The third-order valence-electron chi connectivity index (χ3n) is 9.51. The van der Waals surface area contributed by atoms with E-state index in [0.29, 0.717) is 25.8 Å². The van der Waals surface area contributed by atoms with Crippen molar-refractivity contribution in [1.29, 1.82) is 0 Å². The summed E-state index contributed by atoms with van der Waals surface area (Å²) in [5.41, 5.74) is 1.32. The van der Waals surface area contributed by atoms with Crippen molar-refractivity contribution in [3.8, 4) is 0 Å². The van der Waals surface area contributed by atoms with Crippen molar-refractivity contribution in [2.45, 2.75) is 101 Å². The van der Waals surface area contributed by atoms with Crippen LogP contribution < -0.4 is 5.32 Å². The van der Waals surface area contributed by atoms with Gasteiger partial charge in [0.05, 0.1) is 18.3 Å². The molecule has 0 aromatic heterocycles. The van der Waals surface area contributed by atoms with Gasteiger partial charge in [-0.25, -0.2) is 0 Å². The van der Waals surface area contributed by atoms with Crippen LogP contribution in [-0.2, 0) is 37.7 Å². The van der Waals surface area contributed by atoms with Crippen molar-refractivity contribution >= 4 is 11.8 Å². The molecule has 4 N–H and O–H groups in total. The van der Waals surface area contributed by atoms with Gasteiger partial charge in [0.2, 0.25) is 11.8 Å². The van der Waals surface area contributed by atoms with E-state index < -0.39 is 34.7 Å². The number of ether oxygens (including phenoxy) is 2. The number of aryl methyl sites for hydroxylation is 2. The number of likely N-dealkylation sites (N-methyl/N-ethyl adjacent to an activating group) is 2. The van der Waals surface area contributed by atoms with E-state index in [1.54, 1.807) is 39.6 Å². The first-order valence-corrected chi connectivity index (χ1v) is 16.2. The molecule has 1 unspecified atom stereocenters. The summed E-state index contributed by atoms with van der Waals surface area (Å²) in [4.78, 5) is 29.2. The van der Waals surface area contributed by atoms with E-state index in [0.717, 1.165) is 40.8 Å². The van der Waals surface area contributed by atoms with E-state index in [1.165, 1.54) is 0 Å². The SMILES string of the molecule is Cc1ccc([C@]23CC(O)[C@H](O)[C@](C(C)(C)O)(CO2)O3)cc1Cc1ccc(CCCC(=O)NC(C)(C)C(=O)N(C)CCN(C)C)cc1. The summed E-state index contributed by atoms with van der Waals surface area (Å²) in [5, 5.41) is 35.3. The lowest BCUT2D eigenvalue weighted by Gasteiger charge is -2.48. The number of benzene rings is 2. The lowest BCUT2D eigenvalue weighted by atomic mass is 9.76. The summed E-state index contributed by atoms with van der Waals surface area (Å²) in [7, 11) is 5.68. The van der Waals surface area contributed by atoms with Crippen molar-refractivity contribution in [2.24, 2.45) is 0 Å². The molecule has 0 spiro atoms. The highest BCUT2D eigenvalue weighted by Gasteiger charge is 2.67. The number of amides is 2. The molecule has 10 heteroatoms. The van der Waals surface area contributed by atoms with Crippen LogP contribution in [0.4, 0.5) is 0 Å². The van der Waals surface area contributed by atoms with Gasteiger partial charge in [-0.3, -0.25) is 9.59 Å². The molecule has 2 saturated heterocycles. The van der Waals surface area contributed by atoms with E-state index >= 15 is 0 Å². The van der Waals surface area contributed by atoms with Gasteiger partial charge in [0.25, 0.3) is 0 Å². The third-order valence-corrected chi connectivity index (χ3v) is 9.51. The zero-order valence-corrected chi connectivity index (χ0v) is 28.7. The lowest BCUT2D eigenvalue weighted by Crippen LogP contribution is -2.66. The monoisotopic (exact) mass is 639 g/mol. The first-order valence-electron chi connectivity index (χ1n) is 16.2. The summed E-state index contributed by atoms with van der Waals surface area (Å²) in [6.07, 6.45) is 0.0880. The molecule has 4 atom stereocenters. The van der Waals surface area contributed by atoms with Crippen LogP contribution in [0.5, 0.6) is 0 Å². The van der Waals surface area contributed by atoms with Crippen LogP contribution in [0.1, 0.15) is 74.8 Å². The van der Waals surface area contributed by atoms with Gasteiger partial charge >= 0.3 is 0 Å². The van der Waals surface area contributed by atoms with Crippen molar-refractivity contribution in [3.63, 3.8) is 0 Å². The number of hydrogen-bond acceptors (Lipinski definition) is 8. The number of nitrogens with zero attached hydrogens (tertiary/aromatic N) is 2. The molecular formula is C36H53N3O7. The number of nitrogens with one attached hydrogen (secondary N) is 1. The summed E-state index contributed by atoms with van der Waals surface area (Å²) in [6, 6.07) is 14.3. The van der Waals surface area contributed by atoms with Crippen molar-refractivity contribution in [3.05, 3.63) is 70.3 Å². The maximum absolute atomic E-state index is 12.8. The van der Waals surface area contributed by atoms with E-state index in [2.05, 4.69) is 29.6 Å². The Morgan fingerprint density at radius 3 is 2.28 bits per heavy atom. The molecule has 254 valence electrons. The fourth-order valence-electron chi connectivity index (χ4n) is 6.43. The van der Waals surface area contributed by atoms with Gasteiger partial charge < -0.3 is 39.9 Å². The summed E-state index contributed by atoms with van der Waals surface area (Å²) in [5.74, 6) is -1.51. The van der Waals surface area contributed by atoms with Crippen LogP contribution in [0.25, 0.3) is 0 Å². The standard InChI is InChI=1S/C36H53N3O7/c1-24-12-17-28(36-22-29(40)31(42)35(46-36,23-45-36)34(4,5)44)21-27(24)20-26-15-13-25(14-16-26)10-9-11-30(41)37-33(2,3)32(43)39(8)19-18-38(6)7/h12-17,21,29,31,40,42,44H,9-11,18-20,22-23H2,1-8H3,(H,37,41)/t29?,31-,35-,36+/m0/s1. The highest BCUT2D eigenvalue weighted by molar-refractivity contribution is 5.90. The van der Waals surface area contributed by atoms with E-state index in [4.69, 9.17) is 9.47 Å². The average Bonchev–Trinajstić information content (AvgIpc) is 3.33. The fourth-order valence-corrected chi connectivity index (χ4v) is 6.43. The first kappa shape index (κ1) is 36.0. The quantitative estimate of drug-likeness (QED) is 0.263. The van der Waals surface area contributed by atoms with Crippen LogP contribution in [0.2, 0.25) is 0 Å². The van der Waals surface area contributed by atoms with Crippen LogP contribution >= 0.6 is 0 Å². The minimum Gasteiger partial charge on any atom is -0.390 e. The number of rotatable bonds is 13. The number of aliphatic hydroxyl groups is 3. The Hall–Kier alpha value is -2.86. The Morgan fingerprint density at radius 1 is 1.00 bits per heavy atom. The van der Waals surface area contributed by atoms with Crippen LogP contribution in [-0.4, -0.2) is 107 Å². The van der Waals surface area contributed by atoms with E-state index in [-0.39, 0.29) is 24.8 Å². The Morgan fingerprint density at radius 2 is 1.65 bits per heavy atom. The number of carbonyl (C=O) groups is 2. The molecule has 2 heterocycles. The molecular weight excluding hydrogens is 586 g/mol. The second-order valence-electron chi connectivity index (χ2n) is 14.5. The number of carbonyl (C=O) groups excluding carboxylic acids is 2. The van der Waals surface area contributed by atoms with Crippen LogP contribution in [0.15, 0.2) is 42.5 Å². The molecule has 2 bridgehead atoms. The van der Waals surface area contributed by atoms with Crippen molar-refractivity contribution < 1.29 is 34.4 Å². The minimum absolute atomic E-state index is 0.0364. The van der Waals surface area contributed by atoms with Gasteiger partial charge in [0.15, 0.2) is 11.4 Å². The Balaban J connectivity index is 1.34. The Bertz CT molecular complexity index is 1390. The molecule has 4 rings (SSSR count). The Kier molecular flexibility index (Phi) is 10.7. The van der Waals surface area contributed by atoms with Gasteiger partial charge in [0, 0.05) is 38.5 Å². The normalized spacial score (nSPS) is 24.7. The molecule has 2 aliphatic rings. The van der Waals surface area contributed by atoms with Gasteiger partial charge in [0.1, 0.15) is 11.6 Å². The van der Waals surface area contributed by atoms with Crippen LogP contribution in [0.3, 0.4) is 0 Å². The second kappa shape index (κ2) is 13.7. The lowest BCUT2D eigenvalue weighted by molar-refractivity contribution is -0.308. The highest BCUT2D eigenvalue weighted by atomic mass is 16.8. The third kappa shape index (κ3) is 7.64. The van der Waals surface area contributed by atoms with Gasteiger partial charge in [-0.05, 0) is 96.3 Å². The van der Waals surface area contributed by atoms with Crippen molar-refractivity contribution in [2.75, 3.05) is 40.8 Å². The molecule has 0 radical (unpaired) electrons. The maximum atomic E-state index is 12.8. The highest BCUT2D eigenvalue weighted by Crippen LogP contribution is 2.53. The molecule has 0 aliphatic carbocycles. The number of hydrogen-bond donors (Lipinski definition) is 4. The molecule has 2 fully saturated rings. The van der Waals surface area contributed by atoms with Gasteiger partial charge in [-0.15, -0.1) is 0 Å². The van der Waals surface area contributed by atoms with Gasteiger partial charge in [-0.2, -0.15) is 0 Å². The van der Waals surface area contributed by atoms with E-state index in [1.807, 2.05) is 44.1 Å². The average molecular weight is 640 g/mol. The van der Waals surface area contributed by atoms with Crippen molar-refractivity contribution in [1.82, 2.24) is 15.1 Å². The number of fused-ring (bicyclic) bond motifs is 2. The number of aliphatic hydroxyl groups excluding tert-OH is 2. The molecule has 2 aliphatic heterocycles. The summed E-state index contributed by atoms with van der Waals surface area (Å²) < 4.78 is 12.5. The smallest absolute Gasteiger partial charge is 0.247 e. The van der Waals surface area contributed by atoms with E-state index in [9.17, 15) is 24.9 Å².